The second-order valence-corrected chi connectivity index (χ2v) is 7.57. The van der Waals surface area contributed by atoms with Crippen LogP contribution in [-0.2, 0) is 13.1 Å². The number of benzene rings is 2. The normalized spacial score (nSPS) is 10.6. The molecule has 1 heterocycles. The molecule has 0 fully saturated rings. The van der Waals surface area contributed by atoms with Crippen molar-refractivity contribution in [2.24, 2.45) is 0 Å². The van der Waals surface area contributed by atoms with Crippen LogP contribution in [0.5, 0.6) is 5.75 Å². The first kappa shape index (κ1) is 21.6. The molecular formula is C22H24N4O3S. The minimum absolute atomic E-state index is 0.00234. The van der Waals surface area contributed by atoms with Crippen LogP contribution in [0, 0.1) is 6.92 Å². The third-order valence-electron chi connectivity index (χ3n) is 4.57. The number of rotatable bonds is 9. The van der Waals surface area contributed by atoms with Crippen molar-refractivity contribution >= 4 is 23.5 Å². The van der Waals surface area contributed by atoms with Gasteiger partial charge in [-0.25, -0.2) is 0 Å². The number of thioether (sulfide) groups is 1. The zero-order valence-electron chi connectivity index (χ0n) is 17.2. The van der Waals surface area contributed by atoms with E-state index in [1.807, 2.05) is 30.5 Å². The molecule has 0 saturated carbocycles. The number of nitrogens with one attached hydrogen (secondary N) is 1. The molecule has 156 valence electrons. The Hall–Kier alpha value is -3.13. The molecule has 0 saturated heterocycles. The summed E-state index contributed by atoms with van der Waals surface area (Å²) in [5.41, 5.74) is 2.32. The molecule has 30 heavy (non-hydrogen) atoms. The summed E-state index contributed by atoms with van der Waals surface area (Å²) in [5.74, 6) is 1.45. The van der Waals surface area contributed by atoms with Crippen LogP contribution < -0.4 is 10.1 Å². The zero-order valence-corrected chi connectivity index (χ0v) is 18.0. The van der Waals surface area contributed by atoms with Gasteiger partial charge in [-0.1, -0.05) is 29.5 Å². The van der Waals surface area contributed by atoms with Crippen LogP contribution in [-0.4, -0.2) is 39.3 Å². The molecule has 0 spiro atoms. The second-order valence-electron chi connectivity index (χ2n) is 6.63. The Kier molecular flexibility index (Phi) is 7.24. The minimum atomic E-state index is -0.162. The summed E-state index contributed by atoms with van der Waals surface area (Å²) < 4.78 is 7.02. The van der Waals surface area contributed by atoms with Crippen LogP contribution >= 0.6 is 11.8 Å². The van der Waals surface area contributed by atoms with E-state index in [1.54, 1.807) is 43.5 Å². The lowest BCUT2D eigenvalue weighted by Gasteiger charge is -2.09. The van der Waals surface area contributed by atoms with Crippen molar-refractivity contribution in [1.82, 2.24) is 20.1 Å². The number of hydrogen-bond acceptors (Lipinski definition) is 6. The third-order valence-corrected chi connectivity index (χ3v) is 5.54. The maximum atomic E-state index is 12.4. The van der Waals surface area contributed by atoms with E-state index in [9.17, 15) is 9.59 Å². The highest BCUT2D eigenvalue weighted by Gasteiger charge is 2.15. The van der Waals surface area contributed by atoms with Gasteiger partial charge in [-0.2, -0.15) is 0 Å². The largest absolute Gasteiger partial charge is 0.497 e. The van der Waals surface area contributed by atoms with Crippen LogP contribution in [0.25, 0.3) is 0 Å². The molecule has 0 aliphatic rings. The molecule has 8 heteroatoms. The quantitative estimate of drug-likeness (QED) is 0.418. The zero-order chi connectivity index (χ0) is 21.5. The van der Waals surface area contributed by atoms with Crippen molar-refractivity contribution in [2.45, 2.75) is 32.1 Å². The average molecular weight is 425 g/mol. The Morgan fingerprint density at radius 3 is 2.33 bits per heavy atom. The molecule has 3 rings (SSSR count). The van der Waals surface area contributed by atoms with Crippen LogP contribution in [0.4, 0.5) is 0 Å². The number of hydrogen-bond donors (Lipinski definition) is 1. The summed E-state index contributed by atoms with van der Waals surface area (Å²) in [6.07, 6.45) is 0. The summed E-state index contributed by atoms with van der Waals surface area (Å²) >= 11 is 1.33. The summed E-state index contributed by atoms with van der Waals surface area (Å²) in [7, 11) is 1.59. The third kappa shape index (κ3) is 5.27. The summed E-state index contributed by atoms with van der Waals surface area (Å²) in [6.45, 7) is 4.86. The highest BCUT2D eigenvalue weighted by molar-refractivity contribution is 7.99. The maximum Gasteiger partial charge on any atom is 0.251 e. The van der Waals surface area contributed by atoms with Crippen molar-refractivity contribution in [3.63, 3.8) is 0 Å². The standard InChI is InChI=1S/C22H24N4O3S/c1-4-26-20(13-23-21(28)17-7-5-15(2)6-8-17)24-25-22(26)30-14-19(27)16-9-11-18(29-3)12-10-16/h5-12H,4,13-14H2,1-3H3,(H,23,28). The summed E-state index contributed by atoms with van der Waals surface area (Å²) in [5, 5.41) is 11.9. The van der Waals surface area contributed by atoms with Gasteiger partial charge in [0.2, 0.25) is 0 Å². The van der Waals surface area contributed by atoms with Crippen molar-refractivity contribution in [3.05, 3.63) is 71.0 Å². The summed E-state index contributed by atoms with van der Waals surface area (Å²) in [4.78, 5) is 24.8. The number of ketones is 1. The Bertz CT molecular complexity index is 1010. The number of carbonyl (C=O) groups is 2. The first-order valence-corrected chi connectivity index (χ1v) is 10.6. The van der Waals surface area contributed by atoms with E-state index in [2.05, 4.69) is 15.5 Å². The molecule has 0 radical (unpaired) electrons. The number of Topliss-reactive ketones (excluding diaryl/α,β-unsaturated/α-hetero) is 1. The number of aromatic nitrogens is 3. The number of nitrogens with zero attached hydrogens (tertiary/aromatic N) is 3. The van der Waals surface area contributed by atoms with Gasteiger partial charge in [0.15, 0.2) is 16.8 Å². The fraction of sp³-hybridized carbons (Fsp3) is 0.273. The van der Waals surface area contributed by atoms with Crippen LogP contribution in [0.15, 0.2) is 53.7 Å². The molecule has 3 aromatic rings. The topological polar surface area (TPSA) is 86.1 Å². The van der Waals surface area contributed by atoms with Gasteiger partial charge >= 0.3 is 0 Å². The predicted octanol–water partition coefficient (Wildman–Crippen LogP) is 3.52. The number of aryl methyl sites for hydroxylation is 1. The van der Waals surface area contributed by atoms with Crippen molar-refractivity contribution in [1.29, 1.82) is 0 Å². The molecule has 0 bridgehead atoms. The Morgan fingerprint density at radius 2 is 1.70 bits per heavy atom. The molecule has 1 N–H and O–H groups in total. The van der Waals surface area contributed by atoms with Gasteiger partial charge in [0.05, 0.1) is 19.4 Å². The molecule has 1 amide bonds. The number of methoxy groups -OCH3 is 1. The lowest BCUT2D eigenvalue weighted by atomic mass is 10.1. The molecule has 0 aliphatic carbocycles. The first-order chi connectivity index (χ1) is 14.5. The minimum Gasteiger partial charge on any atom is -0.497 e. The van der Waals surface area contributed by atoms with E-state index in [4.69, 9.17) is 4.74 Å². The molecule has 0 atom stereocenters. The van der Waals surface area contributed by atoms with Crippen LogP contribution in [0.3, 0.4) is 0 Å². The van der Waals surface area contributed by atoms with Crippen molar-refractivity contribution < 1.29 is 14.3 Å². The highest BCUT2D eigenvalue weighted by Crippen LogP contribution is 2.20. The van der Waals surface area contributed by atoms with Crippen molar-refractivity contribution in [2.75, 3.05) is 12.9 Å². The van der Waals surface area contributed by atoms with Crippen LogP contribution in [0.2, 0.25) is 0 Å². The molecule has 7 nitrogen and oxygen atoms in total. The number of ether oxygens (including phenoxy) is 1. The van der Waals surface area contributed by atoms with E-state index in [0.717, 1.165) is 5.56 Å². The fourth-order valence-corrected chi connectivity index (χ4v) is 3.75. The second kappa shape index (κ2) is 10.1. The van der Waals surface area contributed by atoms with Gasteiger partial charge in [-0.15, -0.1) is 10.2 Å². The average Bonchev–Trinajstić information content (AvgIpc) is 3.18. The molecule has 0 unspecified atom stereocenters. The SMILES string of the molecule is CCn1c(CNC(=O)c2ccc(C)cc2)nnc1SCC(=O)c1ccc(OC)cc1. The van der Waals surface area contributed by atoms with Crippen LogP contribution in [0.1, 0.15) is 39.0 Å². The smallest absolute Gasteiger partial charge is 0.251 e. The number of amides is 1. The van der Waals surface area contributed by atoms with E-state index in [-0.39, 0.29) is 24.0 Å². The number of carbonyl (C=O) groups excluding carboxylic acids is 2. The lowest BCUT2D eigenvalue weighted by molar-refractivity contribution is 0.0948. The van der Waals surface area contributed by atoms with Gasteiger partial charge in [-0.05, 0) is 50.2 Å². The Labute approximate surface area is 179 Å². The molecule has 1 aromatic heterocycles. The van der Waals surface area contributed by atoms with E-state index >= 15 is 0 Å². The lowest BCUT2D eigenvalue weighted by Crippen LogP contribution is -2.24. The van der Waals surface area contributed by atoms with Crippen molar-refractivity contribution in [3.8, 4) is 5.75 Å². The van der Waals surface area contributed by atoms with E-state index in [0.29, 0.717) is 34.4 Å². The van der Waals surface area contributed by atoms with E-state index in [1.165, 1.54) is 11.8 Å². The van der Waals surface area contributed by atoms with Gasteiger partial charge in [0.1, 0.15) is 5.75 Å². The predicted molar refractivity (Wildman–Crippen MR) is 116 cm³/mol. The Morgan fingerprint density at radius 1 is 1.03 bits per heavy atom. The molecule has 0 aliphatic heterocycles. The van der Waals surface area contributed by atoms with Gasteiger partial charge in [-0.3, -0.25) is 9.59 Å². The fourth-order valence-electron chi connectivity index (χ4n) is 2.83. The van der Waals surface area contributed by atoms with E-state index < -0.39 is 0 Å². The van der Waals surface area contributed by atoms with Gasteiger partial charge in [0.25, 0.3) is 5.91 Å². The summed E-state index contributed by atoms with van der Waals surface area (Å²) in [6, 6.07) is 14.4. The molecular weight excluding hydrogens is 400 g/mol. The Balaban J connectivity index is 1.59. The maximum absolute atomic E-state index is 12.4. The first-order valence-electron chi connectivity index (χ1n) is 9.58. The monoisotopic (exact) mass is 424 g/mol. The van der Waals surface area contributed by atoms with Gasteiger partial charge in [0, 0.05) is 17.7 Å². The van der Waals surface area contributed by atoms with Gasteiger partial charge < -0.3 is 14.6 Å². The highest BCUT2D eigenvalue weighted by atomic mass is 32.2. The molecule has 2 aromatic carbocycles.